The van der Waals surface area contributed by atoms with E-state index in [1.165, 1.54) is 0 Å². The Bertz CT molecular complexity index is 7.51. The molecule has 0 saturated carbocycles. The van der Waals surface area contributed by atoms with E-state index in [1.54, 1.807) is 0 Å². The van der Waals surface area contributed by atoms with Gasteiger partial charge in [-0.15, -0.1) is 0 Å². The van der Waals surface area contributed by atoms with E-state index in [9.17, 15) is 0 Å². The summed E-state index contributed by atoms with van der Waals surface area (Å²) >= 11 is 0. The van der Waals surface area contributed by atoms with E-state index in [0.29, 0.717) is 0 Å². The van der Waals surface area contributed by atoms with Crippen molar-refractivity contribution in [3.63, 3.8) is 0 Å². The van der Waals surface area contributed by atoms with E-state index in [-0.39, 0.29) is 83.5 Å². The van der Waals surface area contributed by atoms with Crippen molar-refractivity contribution in [3.8, 4) is 0 Å². The molecule has 0 rings (SSSR count). The van der Waals surface area contributed by atoms with Gasteiger partial charge in [-0.2, -0.15) is 0 Å². The Morgan fingerprint density at radius 3 is 0.667 bits per heavy atom. The largest absolute Gasteiger partial charge is 0.358 e. The molecule has 0 aromatic rings. The summed E-state index contributed by atoms with van der Waals surface area (Å²) in [6.45, 7) is 0. The Balaban J connectivity index is 0. The van der Waals surface area contributed by atoms with Gasteiger partial charge >= 0.3 is 0 Å². The van der Waals surface area contributed by atoms with Crippen molar-refractivity contribution < 1.29 is 53.8 Å². The van der Waals surface area contributed by atoms with Gasteiger partial charge in [0.25, 0.3) is 0 Å². The molecule has 0 aliphatic carbocycles. The molecule has 0 nitrogen and oxygen atoms in total. The average Bonchev–Trinajstić information content (AvgIpc) is 0. The smallest absolute Gasteiger partial charge is 0 e. The third-order valence-corrected chi connectivity index (χ3v) is 0. The Morgan fingerprint density at radius 2 is 0.667 bits per heavy atom. The van der Waals surface area contributed by atoms with Gasteiger partial charge in [0.05, 0.1) is 0 Å². The molecule has 0 heterocycles. The second kappa shape index (κ2) is 70.9. The first-order chi connectivity index (χ1) is 0. The number of hydrogen-bond donors (Lipinski definition) is 0. The van der Waals surface area contributed by atoms with Gasteiger partial charge < -0.3 is 14.9 Å². The van der Waals surface area contributed by atoms with Crippen LogP contribution in [-0.2, 0) is 53.8 Å². The van der Waals surface area contributed by atoms with Crippen LogP contribution in [-0.4, -0.2) is 0 Å². The van der Waals surface area contributed by atoms with Crippen LogP contribution < -0.4 is 0 Å². The maximum Gasteiger partial charge on any atom is 0 e. The van der Waals surface area contributed by atoms with E-state index in [4.69, 9.17) is 0 Å². The zero-order valence-corrected chi connectivity index (χ0v) is 8.76. The van der Waals surface area contributed by atoms with Crippen LogP contribution in [0.3, 0.4) is 0 Å². The van der Waals surface area contributed by atoms with Crippen molar-refractivity contribution in [2.75, 3.05) is 0 Å². The van der Waals surface area contributed by atoms with Gasteiger partial charge in [-0.25, -0.2) is 0 Å². The molecule has 0 saturated heterocycles. The van der Waals surface area contributed by atoms with Crippen LogP contribution in [0.1, 0.15) is 14.9 Å². The quantitative estimate of drug-likeness (QED) is 0.596. The Morgan fingerprint density at radius 1 is 0.667 bits per heavy atom. The molecule has 41 valence electrons. The van der Waals surface area contributed by atoms with Gasteiger partial charge in [0.2, 0.25) is 0 Å². The molecule has 0 fully saturated rings. The minimum atomic E-state index is 0. The summed E-state index contributed by atoms with van der Waals surface area (Å²) < 4.78 is 0. The molecule has 0 aromatic heterocycles. The molecule has 6 heavy (non-hydrogen) atoms. The predicted molar refractivity (Wildman–Crippen MR) is 26.3 cm³/mol. The van der Waals surface area contributed by atoms with E-state index < -0.39 is 0 Å². The van der Waals surface area contributed by atoms with Gasteiger partial charge in [0.1, 0.15) is 0 Å². The fourth-order valence-electron chi connectivity index (χ4n) is 0. The van der Waals surface area contributed by atoms with Crippen molar-refractivity contribution in [1.29, 1.82) is 0 Å². The second-order valence-corrected chi connectivity index (χ2v) is 0. The fourth-order valence-corrected chi connectivity index (χ4v) is 0. The van der Waals surface area contributed by atoms with E-state index in [0.717, 1.165) is 0 Å². The van der Waals surface area contributed by atoms with Crippen molar-refractivity contribution in [2.45, 2.75) is 14.9 Å². The first-order valence-corrected chi connectivity index (χ1v) is 0. The first-order valence-electron chi connectivity index (χ1n) is 0. The van der Waals surface area contributed by atoms with Gasteiger partial charge in [-0.05, 0) is 0 Å². The fraction of sp³-hybridized carbons (Fsp3) is 0.500. The van der Waals surface area contributed by atoms with Crippen LogP contribution in [0, 0.1) is 14.9 Å². The summed E-state index contributed by atoms with van der Waals surface area (Å²) in [4.78, 5) is 0. The van der Waals surface area contributed by atoms with Crippen molar-refractivity contribution in [1.82, 2.24) is 0 Å². The topological polar surface area (TPSA) is 0 Å². The molecule has 0 aromatic carbocycles. The molecule has 0 aliphatic heterocycles. The number of rotatable bonds is 0. The summed E-state index contributed by atoms with van der Waals surface area (Å²) in [6, 6.07) is 0. The van der Waals surface area contributed by atoms with Gasteiger partial charge in [0.15, 0.2) is 0 Å². The van der Waals surface area contributed by atoms with Crippen molar-refractivity contribution in [3.05, 3.63) is 14.9 Å². The zero-order valence-electron chi connectivity index (χ0n) is 2.99. The van der Waals surface area contributed by atoms with E-state index in [2.05, 4.69) is 0 Å². The maximum atomic E-state index is 0. The SMILES string of the molecule is C.C.[CH3-].[CH3-].[W].[Y]. The monoisotopic (exact) mass is 335 g/mol. The molecule has 0 bridgehead atoms. The Labute approximate surface area is 82.6 Å². The average molecular weight is 335 g/mol. The molecule has 0 atom stereocenters. The van der Waals surface area contributed by atoms with E-state index in [1.807, 2.05) is 0 Å². The molecular formula is C4H14WY-2. The Kier molecular flexibility index (Phi) is 1320. The predicted octanol–water partition coefficient (Wildman–Crippen LogP) is 2.17. The van der Waals surface area contributed by atoms with Gasteiger partial charge in [-0.3, -0.25) is 0 Å². The molecule has 1 radical (unpaired) electrons. The molecule has 0 aliphatic rings. The van der Waals surface area contributed by atoms with Crippen LogP contribution in [0.2, 0.25) is 0 Å². The molecule has 2 heteroatoms. The van der Waals surface area contributed by atoms with Crippen LogP contribution in [0.15, 0.2) is 0 Å². The summed E-state index contributed by atoms with van der Waals surface area (Å²) in [5.74, 6) is 0. The summed E-state index contributed by atoms with van der Waals surface area (Å²) in [7, 11) is 0. The van der Waals surface area contributed by atoms with Crippen LogP contribution >= 0.6 is 0 Å². The minimum absolute atomic E-state index is 0. The summed E-state index contributed by atoms with van der Waals surface area (Å²) in [5, 5.41) is 0. The van der Waals surface area contributed by atoms with Crippen LogP contribution in [0.4, 0.5) is 0 Å². The van der Waals surface area contributed by atoms with Gasteiger partial charge in [-0.1, -0.05) is 14.9 Å². The van der Waals surface area contributed by atoms with Crippen molar-refractivity contribution in [2.24, 2.45) is 0 Å². The maximum absolute atomic E-state index is 0. The standard InChI is InChI=1S/2CH4.2CH3.W.Y/h2*1H4;2*1H3;;/q;;2*-1;;. The van der Waals surface area contributed by atoms with E-state index >= 15 is 0 Å². The molecule has 0 unspecified atom stereocenters. The molecule has 0 N–H and O–H groups in total. The first kappa shape index (κ1) is 112. The Hall–Kier alpha value is 1.79. The third-order valence-electron chi connectivity index (χ3n) is 0. The number of hydrogen-bond acceptors (Lipinski definition) is 0. The normalized spacial score (nSPS) is 0. The molecule has 0 spiro atoms. The van der Waals surface area contributed by atoms with Crippen molar-refractivity contribution >= 4 is 0 Å². The summed E-state index contributed by atoms with van der Waals surface area (Å²) in [5.41, 5.74) is 0. The zero-order chi connectivity index (χ0) is 0. The van der Waals surface area contributed by atoms with Crippen LogP contribution in [0.25, 0.3) is 0 Å². The van der Waals surface area contributed by atoms with Gasteiger partial charge in [0, 0.05) is 53.8 Å². The molecular weight excluding hydrogens is 321 g/mol. The third kappa shape index (κ3) is 41.4. The van der Waals surface area contributed by atoms with Crippen LogP contribution in [0.5, 0.6) is 0 Å². The molecule has 0 amide bonds. The summed E-state index contributed by atoms with van der Waals surface area (Å²) in [6.07, 6.45) is 0. The minimum Gasteiger partial charge on any atom is -0.358 e. The second-order valence-electron chi connectivity index (χ2n) is 0.